The van der Waals surface area contributed by atoms with Crippen LogP contribution in [0.1, 0.15) is 64.7 Å². The van der Waals surface area contributed by atoms with Gasteiger partial charge in [0.15, 0.2) is 6.10 Å². The minimum Gasteiger partial charge on any atom is -0.481 e. The van der Waals surface area contributed by atoms with Gasteiger partial charge in [-0.2, -0.15) is 0 Å². The molecule has 154 valence electrons. The molecule has 0 saturated carbocycles. The van der Waals surface area contributed by atoms with Crippen LogP contribution in [0, 0.1) is 0 Å². The van der Waals surface area contributed by atoms with Crippen LogP contribution in [0.4, 0.5) is 0 Å². The lowest BCUT2D eigenvalue weighted by atomic mass is 10.0. The van der Waals surface area contributed by atoms with Crippen molar-refractivity contribution in [2.24, 2.45) is 0 Å². The Morgan fingerprint density at radius 2 is 1.54 bits per heavy atom. The molecular formula is C19H38NO6+. The van der Waals surface area contributed by atoms with E-state index in [0.717, 1.165) is 25.7 Å². The van der Waals surface area contributed by atoms with Crippen molar-refractivity contribution in [1.82, 2.24) is 0 Å². The first-order chi connectivity index (χ1) is 12.0. The van der Waals surface area contributed by atoms with Gasteiger partial charge in [-0.05, 0) is 19.3 Å². The number of aliphatic hydroxyl groups is 2. The van der Waals surface area contributed by atoms with Crippen LogP contribution in [0.3, 0.4) is 0 Å². The third-order valence-electron chi connectivity index (χ3n) is 4.08. The molecule has 7 nitrogen and oxygen atoms in total. The zero-order valence-corrected chi connectivity index (χ0v) is 16.8. The minimum absolute atomic E-state index is 0.185. The standard InChI is InChI=1S/C19H37NO6/c1-5-6-7-8-9-15(21)10-11-16(22)12-19(25)26-17(13-18(23)24)14-20(2,3)4/h15-17,21-22H,5-14H2,1-4H3/p+1. The van der Waals surface area contributed by atoms with E-state index in [1.165, 1.54) is 0 Å². The maximum Gasteiger partial charge on any atom is 0.308 e. The van der Waals surface area contributed by atoms with Crippen LogP contribution in [0.25, 0.3) is 0 Å². The van der Waals surface area contributed by atoms with E-state index in [0.29, 0.717) is 30.3 Å². The molecule has 3 atom stereocenters. The number of esters is 1. The normalized spacial score (nSPS) is 15.3. The quantitative estimate of drug-likeness (QED) is 0.229. The molecule has 26 heavy (non-hydrogen) atoms. The summed E-state index contributed by atoms with van der Waals surface area (Å²) in [6.45, 7) is 2.51. The summed E-state index contributed by atoms with van der Waals surface area (Å²) in [6, 6.07) is 0. The number of carboxylic acid groups (broad SMARTS) is 1. The summed E-state index contributed by atoms with van der Waals surface area (Å²) in [6.07, 6.45) is 3.33. The summed E-state index contributed by atoms with van der Waals surface area (Å²) in [7, 11) is 5.66. The largest absolute Gasteiger partial charge is 0.481 e. The molecule has 7 heteroatoms. The van der Waals surface area contributed by atoms with Crippen molar-refractivity contribution in [2.45, 2.75) is 83.0 Å². The SMILES string of the molecule is CCCCCCC(O)CCC(O)CC(=O)OC(CC(=O)O)C[N+](C)(C)C. The number of carboxylic acids is 1. The van der Waals surface area contributed by atoms with Gasteiger partial charge in [0.05, 0.1) is 46.2 Å². The lowest BCUT2D eigenvalue weighted by Crippen LogP contribution is -2.44. The third-order valence-corrected chi connectivity index (χ3v) is 4.08. The number of ether oxygens (including phenoxy) is 1. The molecule has 0 bridgehead atoms. The first-order valence-corrected chi connectivity index (χ1v) is 9.61. The van der Waals surface area contributed by atoms with Crippen LogP contribution >= 0.6 is 0 Å². The highest BCUT2D eigenvalue weighted by Crippen LogP contribution is 2.13. The Balaban J connectivity index is 4.19. The second-order valence-electron chi connectivity index (χ2n) is 8.12. The van der Waals surface area contributed by atoms with Gasteiger partial charge in [-0.1, -0.05) is 32.6 Å². The third kappa shape index (κ3) is 15.1. The van der Waals surface area contributed by atoms with Crippen LogP contribution in [0.5, 0.6) is 0 Å². The molecule has 0 rings (SSSR count). The molecule has 0 amide bonds. The Hall–Kier alpha value is -1.18. The van der Waals surface area contributed by atoms with Gasteiger partial charge in [0.25, 0.3) is 0 Å². The second kappa shape index (κ2) is 13.1. The van der Waals surface area contributed by atoms with Gasteiger partial charge in [-0.25, -0.2) is 0 Å². The first-order valence-electron chi connectivity index (χ1n) is 9.61. The lowest BCUT2D eigenvalue weighted by Gasteiger charge is -2.28. The van der Waals surface area contributed by atoms with Crippen molar-refractivity contribution in [3.05, 3.63) is 0 Å². The number of nitrogens with zero attached hydrogens (tertiary/aromatic N) is 1. The Morgan fingerprint density at radius 1 is 0.923 bits per heavy atom. The number of quaternary nitrogens is 1. The van der Waals surface area contributed by atoms with Crippen molar-refractivity contribution in [1.29, 1.82) is 0 Å². The Kier molecular flexibility index (Phi) is 12.5. The molecule has 0 fully saturated rings. The molecule has 3 unspecified atom stereocenters. The summed E-state index contributed by atoms with van der Waals surface area (Å²) in [5.41, 5.74) is 0. The zero-order chi connectivity index (χ0) is 20.2. The van der Waals surface area contributed by atoms with Crippen molar-refractivity contribution in [2.75, 3.05) is 27.7 Å². The molecule has 0 heterocycles. The molecule has 0 spiro atoms. The topological polar surface area (TPSA) is 104 Å². The van der Waals surface area contributed by atoms with Crippen LogP contribution in [0.15, 0.2) is 0 Å². The number of aliphatic hydroxyl groups excluding tert-OH is 2. The van der Waals surface area contributed by atoms with Crippen molar-refractivity contribution >= 4 is 11.9 Å². The van der Waals surface area contributed by atoms with E-state index in [9.17, 15) is 19.8 Å². The van der Waals surface area contributed by atoms with Gasteiger partial charge in [-0.3, -0.25) is 9.59 Å². The van der Waals surface area contributed by atoms with Gasteiger partial charge >= 0.3 is 11.9 Å². The lowest BCUT2D eigenvalue weighted by molar-refractivity contribution is -0.873. The van der Waals surface area contributed by atoms with Crippen molar-refractivity contribution in [3.8, 4) is 0 Å². The highest BCUT2D eigenvalue weighted by Gasteiger charge is 2.25. The highest BCUT2D eigenvalue weighted by molar-refractivity contribution is 5.71. The molecular weight excluding hydrogens is 338 g/mol. The summed E-state index contributed by atoms with van der Waals surface area (Å²) < 4.78 is 5.72. The molecule has 0 aromatic carbocycles. The van der Waals surface area contributed by atoms with Crippen LogP contribution in [0.2, 0.25) is 0 Å². The monoisotopic (exact) mass is 376 g/mol. The van der Waals surface area contributed by atoms with Crippen LogP contribution < -0.4 is 0 Å². The Morgan fingerprint density at radius 3 is 2.08 bits per heavy atom. The van der Waals surface area contributed by atoms with E-state index < -0.39 is 30.3 Å². The van der Waals surface area contributed by atoms with Crippen LogP contribution in [-0.2, 0) is 14.3 Å². The molecule has 0 aliphatic carbocycles. The average molecular weight is 377 g/mol. The minimum atomic E-state index is -1.03. The van der Waals surface area contributed by atoms with E-state index in [4.69, 9.17) is 9.84 Å². The predicted molar refractivity (Wildman–Crippen MR) is 99.7 cm³/mol. The fraction of sp³-hybridized carbons (Fsp3) is 0.895. The first kappa shape index (κ1) is 24.8. The molecule has 0 saturated heterocycles. The number of likely N-dealkylation sites (N-methyl/N-ethyl adjacent to an activating group) is 1. The van der Waals surface area contributed by atoms with E-state index in [1.807, 2.05) is 21.1 Å². The maximum atomic E-state index is 12.0. The fourth-order valence-corrected chi connectivity index (χ4v) is 2.81. The van der Waals surface area contributed by atoms with Crippen molar-refractivity contribution < 1.29 is 34.1 Å². The van der Waals surface area contributed by atoms with E-state index >= 15 is 0 Å². The van der Waals surface area contributed by atoms with Gasteiger partial charge in [0.1, 0.15) is 6.54 Å². The molecule has 0 aromatic rings. The molecule has 0 radical (unpaired) electrons. The Bertz CT molecular complexity index is 407. The van der Waals surface area contributed by atoms with E-state index in [2.05, 4.69) is 6.92 Å². The highest BCUT2D eigenvalue weighted by atomic mass is 16.5. The van der Waals surface area contributed by atoms with Gasteiger partial charge in [0.2, 0.25) is 0 Å². The number of carbonyl (C=O) groups is 2. The van der Waals surface area contributed by atoms with Gasteiger partial charge in [0, 0.05) is 0 Å². The number of rotatable bonds is 15. The number of hydrogen-bond donors (Lipinski definition) is 3. The zero-order valence-electron chi connectivity index (χ0n) is 16.8. The number of carbonyl (C=O) groups excluding carboxylic acids is 1. The summed E-state index contributed by atoms with van der Waals surface area (Å²) in [4.78, 5) is 22.9. The van der Waals surface area contributed by atoms with Crippen molar-refractivity contribution in [3.63, 3.8) is 0 Å². The maximum absolute atomic E-state index is 12.0. The van der Waals surface area contributed by atoms with Crippen LogP contribution in [-0.4, -0.2) is 77.7 Å². The summed E-state index contributed by atoms with van der Waals surface area (Å²) in [5, 5.41) is 28.8. The number of unbranched alkanes of at least 4 members (excludes halogenated alkanes) is 3. The number of hydrogen-bond acceptors (Lipinski definition) is 5. The summed E-state index contributed by atoms with van der Waals surface area (Å²) >= 11 is 0. The smallest absolute Gasteiger partial charge is 0.308 e. The molecule has 0 aromatic heterocycles. The Labute approximate surface area is 157 Å². The van der Waals surface area contributed by atoms with E-state index in [-0.39, 0.29) is 12.8 Å². The van der Waals surface area contributed by atoms with Gasteiger partial charge in [-0.15, -0.1) is 0 Å². The average Bonchev–Trinajstić information content (AvgIpc) is 2.47. The predicted octanol–water partition coefficient (Wildman–Crippen LogP) is 1.94. The van der Waals surface area contributed by atoms with E-state index in [1.54, 1.807) is 0 Å². The second-order valence-corrected chi connectivity index (χ2v) is 8.12. The molecule has 0 aliphatic heterocycles. The van der Waals surface area contributed by atoms with Gasteiger partial charge < -0.3 is 24.5 Å². The fourth-order valence-electron chi connectivity index (χ4n) is 2.81. The molecule has 3 N–H and O–H groups in total. The summed E-state index contributed by atoms with van der Waals surface area (Å²) in [5.74, 6) is -1.63. The molecule has 0 aliphatic rings. The number of aliphatic carboxylic acids is 1.